The van der Waals surface area contributed by atoms with Gasteiger partial charge >= 0.3 is 12.6 Å². The molecule has 0 spiro atoms. The van der Waals surface area contributed by atoms with E-state index in [9.17, 15) is 13.6 Å². The number of hydrogen-bond acceptors (Lipinski definition) is 3. The van der Waals surface area contributed by atoms with E-state index < -0.39 is 28.9 Å². The molecular formula is C13H12Cl2F2O3. The SMILES string of the molecule is CC(OC(=O)C1CC1(Cl)Cl)c1ccc(OC(F)F)cc1. The highest BCUT2D eigenvalue weighted by Gasteiger charge is 2.57. The smallest absolute Gasteiger partial charge is 0.387 e. The molecule has 0 amide bonds. The van der Waals surface area contributed by atoms with Crippen LogP contribution >= 0.6 is 23.2 Å². The lowest BCUT2D eigenvalue weighted by atomic mass is 10.1. The Balaban J connectivity index is 1.92. The molecule has 0 N–H and O–H groups in total. The molecule has 110 valence electrons. The summed E-state index contributed by atoms with van der Waals surface area (Å²) in [5.41, 5.74) is 0.662. The lowest BCUT2D eigenvalue weighted by molar-refractivity contribution is -0.150. The summed E-state index contributed by atoms with van der Waals surface area (Å²) in [4.78, 5) is 11.7. The minimum absolute atomic E-state index is 0.0463. The Hall–Kier alpha value is -1.07. The van der Waals surface area contributed by atoms with Gasteiger partial charge in [-0.2, -0.15) is 8.78 Å². The molecule has 2 unspecified atom stereocenters. The second kappa shape index (κ2) is 5.74. The van der Waals surface area contributed by atoms with Gasteiger partial charge in [0.15, 0.2) is 0 Å². The average Bonchev–Trinajstić information content (AvgIpc) is 2.98. The van der Waals surface area contributed by atoms with E-state index in [0.717, 1.165) is 0 Å². The van der Waals surface area contributed by atoms with Crippen LogP contribution in [-0.4, -0.2) is 16.9 Å². The van der Waals surface area contributed by atoms with Crippen molar-refractivity contribution in [3.63, 3.8) is 0 Å². The van der Waals surface area contributed by atoms with Crippen molar-refractivity contribution in [1.29, 1.82) is 0 Å². The quantitative estimate of drug-likeness (QED) is 0.604. The van der Waals surface area contributed by atoms with Gasteiger partial charge in [0.1, 0.15) is 16.2 Å². The minimum Gasteiger partial charge on any atom is -0.457 e. The van der Waals surface area contributed by atoms with Gasteiger partial charge in [0.05, 0.1) is 5.92 Å². The standard InChI is InChI=1S/C13H12Cl2F2O3/c1-7(19-11(18)10-6-13(10,14)15)8-2-4-9(5-3-8)20-12(16)17/h2-5,7,10,12H,6H2,1H3. The summed E-state index contributed by atoms with van der Waals surface area (Å²) in [5.74, 6) is -0.921. The summed E-state index contributed by atoms with van der Waals surface area (Å²) in [6.45, 7) is -1.19. The maximum absolute atomic E-state index is 12.0. The van der Waals surface area contributed by atoms with E-state index in [-0.39, 0.29) is 5.75 Å². The molecule has 0 aliphatic heterocycles. The Morgan fingerprint density at radius 2 is 1.90 bits per heavy atom. The Kier molecular flexibility index (Phi) is 4.39. The number of benzene rings is 1. The number of esters is 1. The molecule has 2 atom stereocenters. The van der Waals surface area contributed by atoms with Crippen LogP contribution in [0.15, 0.2) is 24.3 Å². The number of rotatable bonds is 5. The predicted molar refractivity (Wildman–Crippen MR) is 70.1 cm³/mol. The Bertz CT molecular complexity index is 491. The normalized spacial score (nSPS) is 21.4. The molecule has 0 bridgehead atoms. The van der Waals surface area contributed by atoms with Crippen LogP contribution in [0.5, 0.6) is 5.75 Å². The van der Waals surface area contributed by atoms with E-state index in [1.165, 1.54) is 12.1 Å². The Morgan fingerprint density at radius 1 is 1.35 bits per heavy atom. The van der Waals surface area contributed by atoms with E-state index in [1.54, 1.807) is 19.1 Å². The van der Waals surface area contributed by atoms with Crippen LogP contribution in [0.25, 0.3) is 0 Å². The van der Waals surface area contributed by atoms with E-state index >= 15 is 0 Å². The highest BCUT2D eigenvalue weighted by atomic mass is 35.5. The zero-order valence-corrected chi connectivity index (χ0v) is 12.0. The van der Waals surface area contributed by atoms with Crippen molar-refractivity contribution < 1.29 is 23.0 Å². The van der Waals surface area contributed by atoms with Crippen LogP contribution < -0.4 is 4.74 Å². The van der Waals surface area contributed by atoms with Crippen molar-refractivity contribution in [2.45, 2.75) is 30.4 Å². The van der Waals surface area contributed by atoms with Gasteiger partial charge in [0, 0.05) is 0 Å². The third-order valence-electron chi connectivity index (χ3n) is 2.98. The van der Waals surface area contributed by atoms with Crippen LogP contribution in [-0.2, 0) is 9.53 Å². The molecule has 0 radical (unpaired) electrons. The minimum atomic E-state index is -2.87. The third-order valence-corrected chi connectivity index (χ3v) is 3.81. The number of alkyl halides is 4. The fourth-order valence-electron chi connectivity index (χ4n) is 1.71. The third kappa shape index (κ3) is 3.73. The van der Waals surface area contributed by atoms with Gasteiger partial charge in [0.25, 0.3) is 0 Å². The average molecular weight is 325 g/mol. The van der Waals surface area contributed by atoms with Crippen LogP contribution in [0.3, 0.4) is 0 Å². The molecule has 0 saturated heterocycles. The molecule has 20 heavy (non-hydrogen) atoms. The molecule has 0 aromatic heterocycles. The van der Waals surface area contributed by atoms with E-state index in [0.29, 0.717) is 12.0 Å². The van der Waals surface area contributed by atoms with Crippen LogP contribution in [0.4, 0.5) is 8.78 Å². The number of carbonyl (C=O) groups excluding carboxylic acids is 1. The largest absolute Gasteiger partial charge is 0.457 e. The second-order valence-corrected chi connectivity index (χ2v) is 6.09. The molecule has 1 fully saturated rings. The molecule has 1 aliphatic rings. The monoisotopic (exact) mass is 324 g/mol. The predicted octanol–water partition coefficient (Wildman–Crippen LogP) is 4.09. The first-order chi connectivity index (χ1) is 9.29. The summed E-state index contributed by atoms with van der Waals surface area (Å²) in [6.07, 6.45) is -0.143. The van der Waals surface area contributed by atoms with Crippen molar-refractivity contribution in [1.82, 2.24) is 0 Å². The van der Waals surface area contributed by atoms with Crippen molar-refractivity contribution in [2.75, 3.05) is 0 Å². The zero-order chi connectivity index (χ0) is 14.9. The maximum atomic E-state index is 12.0. The molecule has 2 rings (SSSR count). The van der Waals surface area contributed by atoms with Crippen molar-refractivity contribution in [3.05, 3.63) is 29.8 Å². The molecule has 1 aliphatic carbocycles. The molecule has 0 heterocycles. The maximum Gasteiger partial charge on any atom is 0.387 e. The Labute approximate surface area is 124 Å². The van der Waals surface area contributed by atoms with Gasteiger partial charge in [-0.15, -0.1) is 23.2 Å². The fourth-order valence-corrected chi connectivity index (χ4v) is 2.20. The van der Waals surface area contributed by atoms with Gasteiger partial charge in [0.2, 0.25) is 0 Å². The highest BCUT2D eigenvalue weighted by molar-refractivity contribution is 6.52. The van der Waals surface area contributed by atoms with Gasteiger partial charge in [-0.25, -0.2) is 0 Å². The van der Waals surface area contributed by atoms with Crippen LogP contribution in [0.2, 0.25) is 0 Å². The van der Waals surface area contributed by atoms with E-state index in [4.69, 9.17) is 27.9 Å². The number of ether oxygens (including phenoxy) is 2. The van der Waals surface area contributed by atoms with Crippen molar-refractivity contribution in [3.8, 4) is 5.75 Å². The fraction of sp³-hybridized carbons (Fsp3) is 0.462. The van der Waals surface area contributed by atoms with Gasteiger partial charge in [-0.05, 0) is 31.0 Å². The van der Waals surface area contributed by atoms with Gasteiger partial charge in [-0.1, -0.05) is 12.1 Å². The van der Waals surface area contributed by atoms with Crippen LogP contribution in [0, 0.1) is 5.92 Å². The van der Waals surface area contributed by atoms with Crippen LogP contribution in [0.1, 0.15) is 25.0 Å². The molecule has 3 nitrogen and oxygen atoms in total. The van der Waals surface area contributed by atoms with Gasteiger partial charge < -0.3 is 9.47 Å². The van der Waals surface area contributed by atoms with E-state index in [1.807, 2.05) is 0 Å². The molecule has 1 saturated carbocycles. The topological polar surface area (TPSA) is 35.5 Å². The first-order valence-corrected chi connectivity index (χ1v) is 6.68. The summed E-state index contributed by atoms with van der Waals surface area (Å²) in [6, 6.07) is 5.88. The molecule has 1 aromatic carbocycles. The van der Waals surface area contributed by atoms with Gasteiger partial charge in [-0.3, -0.25) is 4.79 Å². The second-order valence-electron chi connectivity index (χ2n) is 4.54. The van der Waals surface area contributed by atoms with Crippen molar-refractivity contribution in [2.24, 2.45) is 5.92 Å². The molecule has 7 heteroatoms. The molecule has 1 aromatic rings. The first-order valence-electron chi connectivity index (χ1n) is 5.92. The summed E-state index contributed by atoms with van der Waals surface area (Å²) in [5, 5.41) is 0. The van der Waals surface area contributed by atoms with E-state index in [2.05, 4.69) is 4.74 Å². The summed E-state index contributed by atoms with van der Waals surface area (Å²) in [7, 11) is 0. The summed E-state index contributed by atoms with van der Waals surface area (Å²) < 4.78 is 32.4. The number of carbonyl (C=O) groups is 1. The number of hydrogen-bond donors (Lipinski definition) is 0. The summed E-state index contributed by atoms with van der Waals surface area (Å²) >= 11 is 11.6. The highest BCUT2D eigenvalue weighted by Crippen LogP contribution is 2.54. The van der Waals surface area contributed by atoms with Crippen molar-refractivity contribution >= 4 is 29.2 Å². The Morgan fingerprint density at radius 3 is 2.35 bits per heavy atom. The zero-order valence-electron chi connectivity index (χ0n) is 10.5. The lowest BCUT2D eigenvalue weighted by Crippen LogP contribution is -2.13. The number of halogens is 4. The first kappa shape index (κ1) is 15.3. The molecular weight excluding hydrogens is 313 g/mol. The lowest BCUT2D eigenvalue weighted by Gasteiger charge is -2.14.